The van der Waals surface area contributed by atoms with Gasteiger partial charge in [-0.1, -0.05) is 40.9 Å². The molecule has 21 heavy (non-hydrogen) atoms. The number of anilines is 3. The standard InChI is InChI=1S/C14H13Cl3FN3/c1-6(8-3-2-7(15)4-9(8)16)21-14-11(20)5-10(19)12(17)13(14)18/h2-6,21H,19-20H2,1H3. The Hall–Kier alpha value is -1.36. The summed E-state index contributed by atoms with van der Waals surface area (Å²) in [6, 6.07) is 6.19. The summed E-state index contributed by atoms with van der Waals surface area (Å²) in [5.41, 5.74) is 12.5. The lowest BCUT2D eigenvalue weighted by Gasteiger charge is -2.20. The Morgan fingerprint density at radius 3 is 2.38 bits per heavy atom. The largest absolute Gasteiger partial charge is 0.397 e. The van der Waals surface area contributed by atoms with Gasteiger partial charge in [0, 0.05) is 10.0 Å². The van der Waals surface area contributed by atoms with Crippen LogP contribution in [0.1, 0.15) is 18.5 Å². The van der Waals surface area contributed by atoms with Crippen molar-refractivity contribution >= 4 is 51.9 Å². The highest BCUT2D eigenvalue weighted by Gasteiger charge is 2.18. The van der Waals surface area contributed by atoms with Gasteiger partial charge in [0.25, 0.3) is 0 Å². The number of halogens is 4. The van der Waals surface area contributed by atoms with Crippen LogP contribution in [0.4, 0.5) is 21.5 Å². The van der Waals surface area contributed by atoms with Gasteiger partial charge in [-0.2, -0.15) is 0 Å². The Morgan fingerprint density at radius 1 is 1.10 bits per heavy atom. The lowest BCUT2D eigenvalue weighted by molar-refractivity contribution is 0.629. The molecule has 1 atom stereocenters. The Bertz CT molecular complexity index is 692. The van der Waals surface area contributed by atoms with Gasteiger partial charge >= 0.3 is 0 Å². The lowest BCUT2D eigenvalue weighted by Crippen LogP contribution is -2.11. The normalized spacial score (nSPS) is 12.2. The number of hydrogen-bond acceptors (Lipinski definition) is 3. The van der Waals surface area contributed by atoms with Gasteiger partial charge in [-0.15, -0.1) is 0 Å². The van der Waals surface area contributed by atoms with Crippen molar-refractivity contribution in [2.75, 3.05) is 16.8 Å². The van der Waals surface area contributed by atoms with Crippen LogP contribution in [0.3, 0.4) is 0 Å². The number of benzene rings is 2. The average molecular weight is 349 g/mol. The highest BCUT2D eigenvalue weighted by atomic mass is 35.5. The van der Waals surface area contributed by atoms with Crippen molar-refractivity contribution in [3.05, 3.63) is 50.7 Å². The second-order valence-electron chi connectivity index (χ2n) is 4.59. The minimum absolute atomic E-state index is 0.0905. The molecule has 0 bridgehead atoms. The van der Waals surface area contributed by atoms with Crippen molar-refractivity contribution in [2.45, 2.75) is 13.0 Å². The third kappa shape index (κ3) is 3.28. The molecule has 112 valence electrons. The van der Waals surface area contributed by atoms with E-state index in [2.05, 4.69) is 5.32 Å². The van der Waals surface area contributed by atoms with Crippen molar-refractivity contribution < 1.29 is 4.39 Å². The second kappa shape index (κ2) is 6.18. The van der Waals surface area contributed by atoms with Gasteiger partial charge in [0.15, 0.2) is 5.82 Å². The van der Waals surface area contributed by atoms with Gasteiger partial charge in [-0.25, -0.2) is 4.39 Å². The van der Waals surface area contributed by atoms with E-state index >= 15 is 0 Å². The Morgan fingerprint density at radius 2 is 1.76 bits per heavy atom. The summed E-state index contributed by atoms with van der Waals surface area (Å²) in [5.74, 6) is -0.689. The smallest absolute Gasteiger partial charge is 0.169 e. The molecule has 3 nitrogen and oxygen atoms in total. The summed E-state index contributed by atoms with van der Waals surface area (Å²) < 4.78 is 14.2. The predicted molar refractivity (Wildman–Crippen MR) is 88.7 cm³/mol. The van der Waals surface area contributed by atoms with Crippen LogP contribution < -0.4 is 16.8 Å². The molecule has 0 fully saturated rings. The molecule has 0 aliphatic heterocycles. The molecule has 0 saturated carbocycles. The van der Waals surface area contributed by atoms with Crippen LogP contribution in [0.15, 0.2) is 24.3 Å². The predicted octanol–water partition coefficient (Wildman–Crippen LogP) is 5.12. The van der Waals surface area contributed by atoms with E-state index in [1.165, 1.54) is 6.07 Å². The van der Waals surface area contributed by atoms with Crippen molar-refractivity contribution in [2.24, 2.45) is 0 Å². The molecular weight excluding hydrogens is 336 g/mol. The molecule has 0 aliphatic rings. The highest BCUT2D eigenvalue weighted by Crippen LogP contribution is 2.36. The Balaban J connectivity index is 2.36. The van der Waals surface area contributed by atoms with Gasteiger partial charge in [-0.3, -0.25) is 0 Å². The van der Waals surface area contributed by atoms with Gasteiger partial charge in [0.2, 0.25) is 0 Å². The summed E-state index contributed by atoms with van der Waals surface area (Å²) in [4.78, 5) is 0. The van der Waals surface area contributed by atoms with E-state index in [0.717, 1.165) is 5.56 Å². The molecule has 0 radical (unpaired) electrons. The second-order valence-corrected chi connectivity index (χ2v) is 5.81. The number of rotatable bonds is 3. The number of nitrogens with one attached hydrogen (secondary N) is 1. The first-order valence-corrected chi connectivity index (χ1v) is 7.19. The maximum absolute atomic E-state index is 14.2. The van der Waals surface area contributed by atoms with E-state index in [0.29, 0.717) is 10.0 Å². The number of nitrogen functional groups attached to an aromatic ring is 2. The third-order valence-electron chi connectivity index (χ3n) is 3.06. The van der Waals surface area contributed by atoms with Crippen molar-refractivity contribution in [3.63, 3.8) is 0 Å². The molecule has 1 unspecified atom stereocenters. The zero-order valence-electron chi connectivity index (χ0n) is 11.1. The third-order valence-corrected chi connectivity index (χ3v) is 4.00. The van der Waals surface area contributed by atoms with Crippen LogP contribution in [0, 0.1) is 5.82 Å². The first-order valence-electron chi connectivity index (χ1n) is 6.05. The average Bonchev–Trinajstić information content (AvgIpc) is 2.41. The lowest BCUT2D eigenvalue weighted by atomic mass is 10.1. The van der Waals surface area contributed by atoms with Gasteiger partial charge in [-0.05, 0) is 30.7 Å². The quantitative estimate of drug-likeness (QED) is 0.674. The molecule has 0 heterocycles. The molecule has 7 heteroatoms. The van der Waals surface area contributed by atoms with Gasteiger partial charge in [0.05, 0.1) is 23.1 Å². The topological polar surface area (TPSA) is 64.1 Å². The molecule has 2 aromatic carbocycles. The highest BCUT2D eigenvalue weighted by molar-refractivity contribution is 6.35. The summed E-state index contributed by atoms with van der Waals surface area (Å²) in [5, 5.41) is 3.79. The Kier molecular flexibility index (Phi) is 4.71. The van der Waals surface area contributed by atoms with Crippen LogP contribution >= 0.6 is 34.8 Å². The maximum atomic E-state index is 14.2. The Labute approximate surface area is 137 Å². The fourth-order valence-corrected chi connectivity index (χ4v) is 2.68. The van der Waals surface area contributed by atoms with Crippen molar-refractivity contribution in [3.8, 4) is 0 Å². The first-order chi connectivity index (χ1) is 9.81. The van der Waals surface area contributed by atoms with Crippen molar-refractivity contribution in [1.82, 2.24) is 0 Å². The summed E-state index contributed by atoms with van der Waals surface area (Å²) in [6.45, 7) is 1.82. The monoisotopic (exact) mass is 347 g/mol. The minimum Gasteiger partial charge on any atom is -0.397 e. The van der Waals surface area contributed by atoms with Crippen molar-refractivity contribution in [1.29, 1.82) is 0 Å². The van der Waals surface area contributed by atoms with Gasteiger partial charge in [0.1, 0.15) is 5.02 Å². The number of hydrogen-bond donors (Lipinski definition) is 3. The summed E-state index contributed by atoms with van der Waals surface area (Å²) in [6.07, 6.45) is 0. The van der Waals surface area contributed by atoms with E-state index in [9.17, 15) is 4.39 Å². The van der Waals surface area contributed by atoms with E-state index in [4.69, 9.17) is 46.3 Å². The fraction of sp³-hybridized carbons (Fsp3) is 0.143. The number of nitrogens with two attached hydrogens (primary N) is 2. The molecular formula is C14H13Cl3FN3. The zero-order valence-corrected chi connectivity index (χ0v) is 13.3. The molecule has 0 amide bonds. The molecule has 5 N–H and O–H groups in total. The van der Waals surface area contributed by atoms with Crippen LogP contribution in [-0.2, 0) is 0 Å². The SMILES string of the molecule is CC(Nc1c(N)cc(N)c(Cl)c1F)c1ccc(Cl)cc1Cl. The molecule has 2 rings (SSSR count). The van der Waals surface area contributed by atoms with Crippen LogP contribution in [0.5, 0.6) is 0 Å². The zero-order chi connectivity index (χ0) is 15.7. The molecule has 0 saturated heterocycles. The molecule has 0 spiro atoms. The molecule has 0 aromatic heterocycles. The summed E-state index contributed by atoms with van der Waals surface area (Å²) >= 11 is 17.8. The maximum Gasteiger partial charge on any atom is 0.169 e. The first kappa shape index (κ1) is 16.0. The van der Waals surface area contributed by atoms with E-state index in [1.807, 2.05) is 6.92 Å². The molecule has 2 aromatic rings. The van der Waals surface area contributed by atoms with Crippen LogP contribution in [0.25, 0.3) is 0 Å². The summed E-state index contributed by atoms with van der Waals surface area (Å²) in [7, 11) is 0. The van der Waals surface area contributed by atoms with Crippen LogP contribution in [0.2, 0.25) is 15.1 Å². The van der Waals surface area contributed by atoms with E-state index in [1.54, 1.807) is 18.2 Å². The fourth-order valence-electron chi connectivity index (χ4n) is 1.96. The van der Waals surface area contributed by atoms with Gasteiger partial charge < -0.3 is 16.8 Å². The minimum atomic E-state index is -0.689. The van der Waals surface area contributed by atoms with E-state index in [-0.39, 0.29) is 28.1 Å². The van der Waals surface area contributed by atoms with E-state index < -0.39 is 5.82 Å². The van der Waals surface area contributed by atoms with Crippen LogP contribution in [-0.4, -0.2) is 0 Å². The molecule has 0 aliphatic carbocycles.